The van der Waals surface area contributed by atoms with E-state index in [0.717, 1.165) is 34.0 Å². The molecule has 2 aromatic rings. The van der Waals surface area contributed by atoms with Gasteiger partial charge in [0.15, 0.2) is 0 Å². The second kappa shape index (κ2) is 9.52. The molecule has 1 aliphatic heterocycles. The van der Waals surface area contributed by atoms with E-state index in [1.807, 2.05) is 61.5 Å². The van der Waals surface area contributed by atoms with Crippen molar-refractivity contribution in [3.63, 3.8) is 0 Å². The highest BCUT2D eigenvalue weighted by molar-refractivity contribution is 6.01. The van der Waals surface area contributed by atoms with Crippen LogP contribution in [0.5, 0.6) is 0 Å². The van der Waals surface area contributed by atoms with Crippen LogP contribution in [0.3, 0.4) is 0 Å². The maximum absolute atomic E-state index is 12.6. The van der Waals surface area contributed by atoms with Crippen molar-refractivity contribution < 1.29 is 19.1 Å². The lowest BCUT2D eigenvalue weighted by Gasteiger charge is -2.33. The average molecular weight is 411 g/mol. The van der Waals surface area contributed by atoms with Gasteiger partial charge in [-0.1, -0.05) is 41.5 Å². The topological polar surface area (TPSA) is 55.8 Å². The molecule has 154 valence electrons. The van der Waals surface area contributed by atoms with Crippen LogP contribution in [0.4, 0.5) is 5.69 Å². The van der Waals surface area contributed by atoms with E-state index in [2.05, 4.69) is 17.8 Å². The van der Waals surface area contributed by atoms with Crippen molar-refractivity contribution in [1.29, 1.82) is 0 Å². The monoisotopic (exact) mass is 411 g/mol. The fraction of sp³-hybridized carbons (Fsp3) is 0.154. The second-order valence-electron chi connectivity index (χ2n) is 6.78. The molecule has 3 rings (SSSR count). The molecule has 5 nitrogen and oxygen atoms in total. The summed E-state index contributed by atoms with van der Waals surface area (Å²) in [6.45, 7) is 1.98. The predicted molar refractivity (Wildman–Crippen MR) is 120 cm³/mol. The van der Waals surface area contributed by atoms with Gasteiger partial charge >= 0.3 is 11.9 Å². The maximum Gasteiger partial charge on any atom is 0.355 e. The van der Waals surface area contributed by atoms with Crippen LogP contribution in [0.1, 0.15) is 22.3 Å². The number of methoxy groups -OCH3 is 2. The summed E-state index contributed by atoms with van der Waals surface area (Å²) >= 11 is 0. The molecule has 5 heteroatoms. The first-order valence-corrected chi connectivity index (χ1v) is 9.51. The summed E-state index contributed by atoms with van der Waals surface area (Å²) in [7, 11) is 2.51. The molecule has 0 fully saturated rings. The van der Waals surface area contributed by atoms with E-state index in [9.17, 15) is 9.59 Å². The summed E-state index contributed by atoms with van der Waals surface area (Å²) in [6.07, 6.45) is 10.4. The molecule has 1 atom stereocenters. The Kier molecular flexibility index (Phi) is 6.60. The van der Waals surface area contributed by atoms with Gasteiger partial charge in [0.1, 0.15) is 11.7 Å². The van der Waals surface area contributed by atoms with Crippen LogP contribution in [0, 0.1) is 31.1 Å². The van der Waals surface area contributed by atoms with Gasteiger partial charge in [-0.05, 0) is 48.9 Å². The number of aryl methyl sites for hydroxylation is 1. The number of carbonyl (C=O) groups is 2. The van der Waals surface area contributed by atoms with Crippen LogP contribution < -0.4 is 4.90 Å². The van der Waals surface area contributed by atoms with Gasteiger partial charge in [0.05, 0.1) is 26.0 Å². The van der Waals surface area contributed by atoms with Crippen LogP contribution in [-0.2, 0) is 19.1 Å². The van der Waals surface area contributed by atoms with Gasteiger partial charge in [-0.3, -0.25) is 0 Å². The summed E-state index contributed by atoms with van der Waals surface area (Å²) < 4.78 is 9.68. The Hall–Kier alpha value is -4.22. The van der Waals surface area contributed by atoms with Gasteiger partial charge in [-0.25, -0.2) is 9.59 Å². The van der Waals surface area contributed by atoms with E-state index >= 15 is 0 Å². The average Bonchev–Trinajstić information content (AvgIpc) is 2.80. The Labute approximate surface area is 182 Å². The van der Waals surface area contributed by atoms with E-state index in [1.165, 1.54) is 14.2 Å². The standard InChI is InChI=1S/C26H21NO4/c1-5-19-7-6-8-20(16-19)10-12-22-13-11-21-15-18(2)9-14-23(21)27(22)24(26(29)31-4)17-25(28)30-3/h1,6-9,11,13-17,22H,2-4H3/b24-17+. The molecule has 1 heterocycles. The SMILES string of the molecule is C#Cc1cccc(C#CC2C=Cc3cc(C)ccc3N2/C(=C/C(=O)OC)C(=O)OC)c1. The first-order valence-electron chi connectivity index (χ1n) is 9.51. The number of terminal acetylenes is 1. The fourth-order valence-corrected chi connectivity index (χ4v) is 3.20. The van der Waals surface area contributed by atoms with Gasteiger partial charge in [-0.2, -0.15) is 0 Å². The van der Waals surface area contributed by atoms with Crippen LogP contribution in [-0.4, -0.2) is 32.2 Å². The fourth-order valence-electron chi connectivity index (χ4n) is 3.20. The van der Waals surface area contributed by atoms with Crippen LogP contribution in [0.15, 0.2) is 60.3 Å². The number of nitrogens with zero attached hydrogens (tertiary/aromatic N) is 1. The van der Waals surface area contributed by atoms with Crippen molar-refractivity contribution in [2.45, 2.75) is 13.0 Å². The van der Waals surface area contributed by atoms with Gasteiger partial charge in [-0.15, -0.1) is 6.42 Å². The number of carbonyl (C=O) groups excluding carboxylic acids is 2. The molecular weight excluding hydrogens is 390 g/mol. The van der Waals surface area contributed by atoms with E-state index in [0.29, 0.717) is 0 Å². The number of hydrogen-bond acceptors (Lipinski definition) is 5. The minimum Gasteiger partial charge on any atom is -0.466 e. The molecule has 0 radical (unpaired) electrons. The highest BCUT2D eigenvalue weighted by Gasteiger charge is 2.30. The lowest BCUT2D eigenvalue weighted by Crippen LogP contribution is -2.38. The molecular formula is C26H21NO4. The Morgan fingerprint density at radius 3 is 2.58 bits per heavy atom. The molecule has 31 heavy (non-hydrogen) atoms. The van der Waals surface area contributed by atoms with Crippen LogP contribution >= 0.6 is 0 Å². The number of ether oxygens (including phenoxy) is 2. The first kappa shape index (κ1) is 21.5. The Morgan fingerprint density at radius 1 is 1.10 bits per heavy atom. The van der Waals surface area contributed by atoms with Crippen molar-refractivity contribution in [2.75, 3.05) is 19.1 Å². The zero-order valence-corrected chi connectivity index (χ0v) is 17.5. The van der Waals surface area contributed by atoms with Crippen molar-refractivity contribution in [3.8, 4) is 24.2 Å². The van der Waals surface area contributed by atoms with Gasteiger partial charge in [0, 0.05) is 11.1 Å². The molecule has 0 N–H and O–H groups in total. The van der Waals surface area contributed by atoms with Gasteiger partial charge in [0.2, 0.25) is 0 Å². The van der Waals surface area contributed by atoms with Crippen molar-refractivity contribution in [2.24, 2.45) is 0 Å². The van der Waals surface area contributed by atoms with Crippen LogP contribution in [0.25, 0.3) is 6.08 Å². The second-order valence-corrected chi connectivity index (χ2v) is 6.78. The van der Waals surface area contributed by atoms with Crippen molar-refractivity contribution in [1.82, 2.24) is 0 Å². The summed E-state index contributed by atoms with van der Waals surface area (Å²) in [5.41, 5.74) is 4.19. The number of esters is 2. The number of benzene rings is 2. The van der Waals surface area contributed by atoms with Crippen molar-refractivity contribution >= 4 is 23.7 Å². The molecule has 2 aromatic carbocycles. The van der Waals surface area contributed by atoms with E-state index < -0.39 is 18.0 Å². The Bertz CT molecular complexity index is 1190. The minimum atomic E-state index is -0.673. The number of fused-ring (bicyclic) bond motifs is 1. The van der Waals surface area contributed by atoms with Crippen molar-refractivity contribution in [3.05, 3.63) is 82.6 Å². The molecule has 0 bridgehead atoms. The Morgan fingerprint density at radius 2 is 1.87 bits per heavy atom. The van der Waals surface area contributed by atoms with E-state index in [1.54, 1.807) is 4.90 Å². The molecule has 1 aliphatic rings. The highest BCUT2D eigenvalue weighted by atomic mass is 16.5. The zero-order chi connectivity index (χ0) is 22.4. The summed E-state index contributed by atoms with van der Waals surface area (Å²) in [6, 6.07) is 12.6. The van der Waals surface area contributed by atoms with E-state index in [4.69, 9.17) is 15.9 Å². The molecule has 0 saturated heterocycles. The number of rotatable bonds is 3. The van der Waals surface area contributed by atoms with Gasteiger partial charge in [0.25, 0.3) is 0 Å². The summed E-state index contributed by atoms with van der Waals surface area (Å²) in [5.74, 6) is 7.52. The third kappa shape index (κ3) is 4.86. The Balaban J connectivity index is 2.14. The molecule has 0 aromatic heterocycles. The normalized spacial score (nSPS) is 14.6. The molecule has 0 amide bonds. The lowest BCUT2D eigenvalue weighted by molar-refractivity contribution is -0.138. The quantitative estimate of drug-likeness (QED) is 0.440. The van der Waals surface area contributed by atoms with E-state index in [-0.39, 0.29) is 5.70 Å². The summed E-state index contributed by atoms with van der Waals surface area (Å²) in [5, 5.41) is 0. The number of anilines is 1. The molecule has 0 aliphatic carbocycles. The first-order chi connectivity index (χ1) is 15.0. The smallest absolute Gasteiger partial charge is 0.355 e. The number of hydrogen-bond donors (Lipinski definition) is 0. The van der Waals surface area contributed by atoms with Crippen LogP contribution in [0.2, 0.25) is 0 Å². The lowest BCUT2D eigenvalue weighted by atomic mass is 9.99. The summed E-state index contributed by atoms with van der Waals surface area (Å²) in [4.78, 5) is 26.3. The maximum atomic E-state index is 12.6. The third-order valence-corrected chi connectivity index (χ3v) is 4.68. The largest absolute Gasteiger partial charge is 0.466 e. The predicted octanol–water partition coefficient (Wildman–Crippen LogP) is 3.46. The molecule has 1 unspecified atom stereocenters. The van der Waals surface area contributed by atoms with Gasteiger partial charge < -0.3 is 14.4 Å². The minimum absolute atomic E-state index is 0.0282. The third-order valence-electron chi connectivity index (χ3n) is 4.68. The molecule has 0 spiro atoms. The molecule has 0 saturated carbocycles. The highest BCUT2D eigenvalue weighted by Crippen LogP contribution is 2.33. The zero-order valence-electron chi connectivity index (χ0n) is 17.5.